The second kappa shape index (κ2) is 7.09. The number of pyridine rings is 1. The average Bonchev–Trinajstić information content (AvgIpc) is 2.96. The first-order valence-electron chi connectivity index (χ1n) is 7.17. The van der Waals surface area contributed by atoms with Crippen LogP contribution in [0.2, 0.25) is 0 Å². The summed E-state index contributed by atoms with van der Waals surface area (Å²) in [4.78, 5) is 4.21. The Kier molecular flexibility index (Phi) is 5.17. The van der Waals surface area contributed by atoms with Gasteiger partial charge < -0.3 is 14.2 Å². The first-order chi connectivity index (χ1) is 10.3. The molecule has 1 unspecified atom stereocenters. The maximum absolute atomic E-state index is 5.90. The molecule has 0 radical (unpaired) electrons. The molecule has 1 aromatic carbocycles. The third kappa shape index (κ3) is 3.16. The van der Waals surface area contributed by atoms with Crippen LogP contribution in [0.1, 0.15) is 31.2 Å². The van der Waals surface area contributed by atoms with Crippen LogP contribution in [-0.2, 0) is 4.74 Å². The van der Waals surface area contributed by atoms with Gasteiger partial charge in [0.2, 0.25) is 0 Å². The van der Waals surface area contributed by atoms with Crippen molar-refractivity contribution >= 4 is 0 Å². The van der Waals surface area contributed by atoms with E-state index in [9.17, 15) is 0 Å². The fraction of sp³-hybridized carbons (Fsp3) is 0.353. The maximum Gasteiger partial charge on any atom is 0.169 e. The lowest BCUT2D eigenvalue weighted by Gasteiger charge is -2.11. The van der Waals surface area contributed by atoms with Gasteiger partial charge in [-0.05, 0) is 25.1 Å². The highest BCUT2D eigenvalue weighted by atomic mass is 16.6. The minimum absolute atomic E-state index is 0.0199. The van der Waals surface area contributed by atoms with E-state index in [2.05, 4.69) is 4.98 Å². The van der Waals surface area contributed by atoms with E-state index >= 15 is 0 Å². The highest BCUT2D eigenvalue weighted by Crippen LogP contribution is 2.43. The normalized spacial score (nSPS) is 15.5. The van der Waals surface area contributed by atoms with E-state index in [1.165, 1.54) is 0 Å². The van der Waals surface area contributed by atoms with E-state index in [1.807, 2.05) is 51.1 Å². The fourth-order valence-electron chi connectivity index (χ4n) is 2.16. The third-order valence-electron chi connectivity index (χ3n) is 3.20. The number of methoxy groups -OCH3 is 1. The predicted octanol–water partition coefficient (Wildman–Crippen LogP) is 4.29. The van der Waals surface area contributed by atoms with Crippen LogP contribution >= 0.6 is 0 Å². The van der Waals surface area contributed by atoms with Crippen LogP contribution in [0.15, 0.2) is 36.5 Å². The number of rotatable bonds is 3. The molecule has 0 aliphatic carbocycles. The molecule has 0 spiro atoms. The van der Waals surface area contributed by atoms with Crippen molar-refractivity contribution in [3.05, 3.63) is 47.8 Å². The lowest BCUT2D eigenvalue weighted by Crippen LogP contribution is -2.01. The number of benzene rings is 1. The van der Waals surface area contributed by atoms with E-state index in [0.29, 0.717) is 12.4 Å². The van der Waals surface area contributed by atoms with E-state index in [1.54, 1.807) is 13.3 Å². The van der Waals surface area contributed by atoms with Gasteiger partial charge in [-0.1, -0.05) is 26.0 Å². The zero-order valence-electron chi connectivity index (χ0n) is 12.9. The molecule has 0 saturated carbocycles. The molecule has 21 heavy (non-hydrogen) atoms. The van der Waals surface area contributed by atoms with Gasteiger partial charge >= 0.3 is 0 Å². The fourth-order valence-corrected chi connectivity index (χ4v) is 2.16. The SMILES string of the molecule is CC.COC1COc2c(Oc3cccnc3C)cccc21. The van der Waals surface area contributed by atoms with Crippen LogP contribution in [0, 0.1) is 6.92 Å². The van der Waals surface area contributed by atoms with Crippen molar-refractivity contribution in [1.29, 1.82) is 0 Å². The molecule has 1 aliphatic rings. The second-order valence-corrected chi connectivity index (χ2v) is 4.40. The topological polar surface area (TPSA) is 40.6 Å². The minimum atomic E-state index is -0.0199. The Morgan fingerprint density at radius 3 is 2.62 bits per heavy atom. The summed E-state index contributed by atoms with van der Waals surface area (Å²) in [6.45, 7) is 6.44. The molecule has 0 bridgehead atoms. The Balaban J connectivity index is 0.000000774. The van der Waals surface area contributed by atoms with Crippen molar-refractivity contribution in [2.24, 2.45) is 0 Å². The van der Waals surface area contributed by atoms with Gasteiger partial charge in [0.05, 0.1) is 5.69 Å². The molecule has 1 aliphatic heterocycles. The molecule has 4 nitrogen and oxygen atoms in total. The molecular formula is C17H21NO3. The lowest BCUT2D eigenvalue weighted by molar-refractivity contribution is 0.0815. The Morgan fingerprint density at radius 1 is 1.14 bits per heavy atom. The van der Waals surface area contributed by atoms with Crippen LogP contribution < -0.4 is 9.47 Å². The van der Waals surface area contributed by atoms with Crippen molar-refractivity contribution < 1.29 is 14.2 Å². The number of hydrogen-bond acceptors (Lipinski definition) is 4. The van der Waals surface area contributed by atoms with E-state index in [4.69, 9.17) is 14.2 Å². The van der Waals surface area contributed by atoms with Crippen LogP contribution in [0.3, 0.4) is 0 Å². The highest BCUT2D eigenvalue weighted by Gasteiger charge is 2.27. The molecule has 0 amide bonds. The van der Waals surface area contributed by atoms with Crippen LogP contribution in [0.4, 0.5) is 0 Å². The molecule has 3 rings (SSSR count). The minimum Gasteiger partial charge on any atom is -0.486 e. The average molecular weight is 287 g/mol. The van der Waals surface area contributed by atoms with Crippen molar-refractivity contribution in [2.75, 3.05) is 13.7 Å². The summed E-state index contributed by atoms with van der Waals surface area (Å²) in [7, 11) is 1.68. The molecular weight excluding hydrogens is 266 g/mol. The number of aromatic nitrogens is 1. The quantitative estimate of drug-likeness (QED) is 0.844. The van der Waals surface area contributed by atoms with Gasteiger partial charge in [-0.2, -0.15) is 0 Å². The molecule has 0 fully saturated rings. The molecule has 0 N–H and O–H groups in total. The summed E-state index contributed by atoms with van der Waals surface area (Å²) in [5, 5.41) is 0. The summed E-state index contributed by atoms with van der Waals surface area (Å²) in [5.74, 6) is 2.20. The van der Waals surface area contributed by atoms with Crippen molar-refractivity contribution in [2.45, 2.75) is 26.9 Å². The van der Waals surface area contributed by atoms with Crippen molar-refractivity contribution in [3.63, 3.8) is 0 Å². The number of para-hydroxylation sites is 1. The smallest absolute Gasteiger partial charge is 0.169 e. The number of nitrogens with zero attached hydrogens (tertiary/aromatic N) is 1. The first kappa shape index (κ1) is 15.3. The van der Waals surface area contributed by atoms with Gasteiger partial charge in [0, 0.05) is 18.9 Å². The van der Waals surface area contributed by atoms with Crippen molar-refractivity contribution in [3.8, 4) is 17.2 Å². The summed E-state index contributed by atoms with van der Waals surface area (Å²) in [6, 6.07) is 9.58. The van der Waals surface area contributed by atoms with Gasteiger partial charge in [-0.25, -0.2) is 0 Å². The highest BCUT2D eigenvalue weighted by molar-refractivity contribution is 5.51. The van der Waals surface area contributed by atoms with Gasteiger partial charge in [0.1, 0.15) is 18.5 Å². The van der Waals surface area contributed by atoms with Crippen LogP contribution in [-0.4, -0.2) is 18.7 Å². The first-order valence-corrected chi connectivity index (χ1v) is 7.17. The molecule has 2 heterocycles. The van der Waals surface area contributed by atoms with Crippen LogP contribution in [0.25, 0.3) is 0 Å². The van der Waals surface area contributed by atoms with Gasteiger partial charge in [-0.3, -0.25) is 4.98 Å². The summed E-state index contributed by atoms with van der Waals surface area (Å²) < 4.78 is 17.0. The van der Waals surface area contributed by atoms with Gasteiger partial charge in [0.15, 0.2) is 11.5 Å². The van der Waals surface area contributed by atoms with Crippen LogP contribution in [0.5, 0.6) is 17.2 Å². The zero-order chi connectivity index (χ0) is 15.2. The molecule has 1 atom stereocenters. The Labute approximate surface area is 125 Å². The predicted molar refractivity (Wildman–Crippen MR) is 82.1 cm³/mol. The largest absolute Gasteiger partial charge is 0.486 e. The molecule has 0 saturated heterocycles. The summed E-state index contributed by atoms with van der Waals surface area (Å²) in [6.07, 6.45) is 1.73. The van der Waals surface area contributed by atoms with Gasteiger partial charge in [0.25, 0.3) is 0 Å². The van der Waals surface area contributed by atoms with Crippen molar-refractivity contribution in [1.82, 2.24) is 4.98 Å². The Hall–Kier alpha value is -2.07. The standard InChI is InChI=1S/C15H15NO3.C2H6/c1-10-12(7-4-8-16-10)19-13-6-3-5-11-14(17-2)9-18-15(11)13;1-2/h3-8,14H,9H2,1-2H3;1-2H3. The van der Waals surface area contributed by atoms with E-state index in [0.717, 1.165) is 22.8 Å². The Morgan fingerprint density at radius 2 is 1.90 bits per heavy atom. The summed E-state index contributed by atoms with van der Waals surface area (Å²) in [5.41, 5.74) is 1.88. The Bertz CT molecular complexity index is 598. The maximum atomic E-state index is 5.90. The third-order valence-corrected chi connectivity index (χ3v) is 3.20. The molecule has 1 aromatic heterocycles. The lowest BCUT2D eigenvalue weighted by atomic mass is 10.1. The number of ether oxygens (including phenoxy) is 3. The molecule has 2 aromatic rings. The number of hydrogen-bond donors (Lipinski definition) is 0. The summed E-state index contributed by atoms with van der Waals surface area (Å²) >= 11 is 0. The second-order valence-electron chi connectivity index (χ2n) is 4.40. The monoisotopic (exact) mass is 287 g/mol. The zero-order valence-corrected chi connectivity index (χ0v) is 12.9. The van der Waals surface area contributed by atoms with E-state index < -0.39 is 0 Å². The number of aryl methyl sites for hydroxylation is 1. The van der Waals surface area contributed by atoms with Gasteiger partial charge in [-0.15, -0.1) is 0 Å². The number of fused-ring (bicyclic) bond motifs is 1. The van der Waals surface area contributed by atoms with E-state index in [-0.39, 0.29) is 6.10 Å². The molecule has 112 valence electrons. The molecule has 4 heteroatoms.